The van der Waals surface area contributed by atoms with Gasteiger partial charge in [-0.15, -0.1) is 4.68 Å². The van der Waals surface area contributed by atoms with Crippen LogP contribution in [-0.4, -0.2) is 37.2 Å². The van der Waals surface area contributed by atoms with Crippen LogP contribution in [0.5, 0.6) is 0 Å². The van der Waals surface area contributed by atoms with Crippen LogP contribution in [0.25, 0.3) is 5.95 Å². The minimum Gasteiger partial charge on any atom is -0.350 e. The van der Waals surface area contributed by atoms with Crippen LogP contribution in [0.4, 0.5) is 0 Å². The number of hydrogen-bond donors (Lipinski definition) is 2. The van der Waals surface area contributed by atoms with Crippen molar-refractivity contribution in [3.05, 3.63) is 43.9 Å². The molecule has 9 nitrogen and oxygen atoms in total. The van der Waals surface area contributed by atoms with Crippen LogP contribution in [0.3, 0.4) is 0 Å². The first-order chi connectivity index (χ1) is 14.4. The number of rotatable bonds is 4. The van der Waals surface area contributed by atoms with E-state index in [2.05, 4.69) is 25.4 Å². The third kappa shape index (κ3) is 3.55. The summed E-state index contributed by atoms with van der Waals surface area (Å²) in [5.74, 6) is 1.82. The van der Waals surface area contributed by atoms with Crippen LogP contribution in [0.15, 0.2) is 22.0 Å². The van der Waals surface area contributed by atoms with Gasteiger partial charge in [0.2, 0.25) is 0 Å². The predicted molar refractivity (Wildman–Crippen MR) is 109 cm³/mol. The van der Waals surface area contributed by atoms with Crippen molar-refractivity contribution >= 4 is 17.5 Å². The Kier molecular flexibility index (Phi) is 4.72. The molecular formula is C20H23ClN6O3. The van der Waals surface area contributed by atoms with Crippen LogP contribution in [0.2, 0.25) is 5.02 Å². The molecule has 2 aromatic rings. The van der Waals surface area contributed by atoms with Gasteiger partial charge in [0.05, 0.1) is 11.2 Å². The Morgan fingerprint density at radius 1 is 1.17 bits per heavy atom. The van der Waals surface area contributed by atoms with Crippen LogP contribution in [-0.2, 0) is 0 Å². The Hall–Kier alpha value is -2.55. The standard InChI is InChI=1S/C20H23ClN6O3/c21-14-8-22-18(27-19(30)25-15(28)9-24-27)26-16(14)17(29)23-10-20-5-11-1-2-12(6-20)4-13(3-11)7-20/h8-9,11-13H,1-7,10H2,(H,23,29)(H,25,28,30). The van der Waals surface area contributed by atoms with Crippen molar-refractivity contribution in [1.29, 1.82) is 0 Å². The fraction of sp³-hybridized carbons (Fsp3) is 0.600. The zero-order chi connectivity index (χ0) is 20.9. The molecule has 0 aromatic carbocycles. The predicted octanol–water partition coefficient (Wildman–Crippen LogP) is 1.70. The lowest BCUT2D eigenvalue weighted by Gasteiger charge is -2.48. The van der Waals surface area contributed by atoms with Crippen molar-refractivity contribution < 1.29 is 4.79 Å². The second-order valence-electron chi connectivity index (χ2n) is 9.16. The molecule has 0 aliphatic heterocycles. The highest BCUT2D eigenvalue weighted by atomic mass is 35.5. The summed E-state index contributed by atoms with van der Waals surface area (Å²) in [6.07, 6.45) is 11.1. The molecule has 4 bridgehead atoms. The molecule has 2 atom stereocenters. The molecule has 4 aliphatic rings. The summed E-state index contributed by atoms with van der Waals surface area (Å²) < 4.78 is 0.817. The van der Waals surface area contributed by atoms with Gasteiger partial charge >= 0.3 is 5.69 Å². The van der Waals surface area contributed by atoms with E-state index in [1.165, 1.54) is 51.1 Å². The average molecular weight is 431 g/mol. The fourth-order valence-corrected chi connectivity index (χ4v) is 6.23. The number of aromatic amines is 1. The highest BCUT2D eigenvalue weighted by Crippen LogP contribution is 2.57. The zero-order valence-electron chi connectivity index (χ0n) is 16.4. The van der Waals surface area contributed by atoms with Gasteiger partial charge in [-0.1, -0.05) is 24.4 Å². The molecule has 10 heteroatoms. The van der Waals surface area contributed by atoms with Gasteiger partial charge in [-0.05, 0) is 55.3 Å². The van der Waals surface area contributed by atoms with Gasteiger partial charge in [-0.2, -0.15) is 5.10 Å². The van der Waals surface area contributed by atoms with Crippen molar-refractivity contribution in [3.63, 3.8) is 0 Å². The Labute approximate surface area is 177 Å². The number of amides is 1. The maximum absolute atomic E-state index is 12.9. The minimum atomic E-state index is -0.791. The van der Waals surface area contributed by atoms with Crippen LogP contribution < -0.4 is 16.6 Å². The second-order valence-corrected chi connectivity index (χ2v) is 9.57. The Morgan fingerprint density at radius 2 is 1.87 bits per heavy atom. The number of nitrogens with one attached hydrogen (secondary N) is 2. The average Bonchev–Trinajstić information content (AvgIpc) is 2.92. The zero-order valence-corrected chi connectivity index (χ0v) is 17.2. The molecule has 0 saturated heterocycles. The van der Waals surface area contributed by atoms with Gasteiger partial charge in [0.25, 0.3) is 17.4 Å². The van der Waals surface area contributed by atoms with E-state index in [1.54, 1.807) is 0 Å². The van der Waals surface area contributed by atoms with Crippen molar-refractivity contribution in [1.82, 2.24) is 30.0 Å². The van der Waals surface area contributed by atoms with E-state index in [9.17, 15) is 14.4 Å². The molecular weight excluding hydrogens is 408 g/mol. The third-order valence-corrected chi connectivity index (χ3v) is 7.23. The molecule has 4 aliphatic carbocycles. The summed E-state index contributed by atoms with van der Waals surface area (Å²) in [4.78, 5) is 46.3. The lowest BCUT2D eigenvalue weighted by Crippen LogP contribution is -2.45. The largest absolute Gasteiger partial charge is 0.352 e. The number of carbonyl (C=O) groups excluding carboxylic acids is 1. The molecule has 4 fully saturated rings. The fourth-order valence-electron chi connectivity index (χ4n) is 6.05. The first-order valence-electron chi connectivity index (χ1n) is 10.4. The highest BCUT2D eigenvalue weighted by molar-refractivity contribution is 6.33. The lowest BCUT2D eigenvalue weighted by atomic mass is 9.58. The van der Waals surface area contributed by atoms with Gasteiger partial charge in [-0.3, -0.25) is 14.6 Å². The van der Waals surface area contributed by atoms with Crippen LogP contribution in [0, 0.1) is 23.2 Å². The summed E-state index contributed by atoms with van der Waals surface area (Å²) in [5, 5.41) is 6.86. The van der Waals surface area contributed by atoms with E-state index in [0.29, 0.717) is 6.54 Å². The van der Waals surface area contributed by atoms with E-state index < -0.39 is 17.2 Å². The quantitative estimate of drug-likeness (QED) is 0.761. The molecule has 158 valence electrons. The summed E-state index contributed by atoms with van der Waals surface area (Å²) >= 11 is 6.17. The van der Waals surface area contributed by atoms with Gasteiger partial charge in [0, 0.05) is 6.54 Å². The van der Waals surface area contributed by atoms with Gasteiger partial charge in [-0.25, -0.2) is 14.8 Å². The Bertz CT molecular complexity index is 1100. The number of hydrogen-bond acceptors (Lipinski definition) is 6. The van der Waals surface area contributed by atoms with Gasteiger partial charge in [0.1, 0.15) is 6.20 Å². The number of aromatic nitrogens is 5. The van der Waals surface area contributed by atoms with Crippen LogP contribution in [0.1, 0.15) is 55.4 Å². The summed E-state index contributed by atoms with van der Waals surface area (Å²) in [6.45, 7) is 0.613. The third-order valence-electron chi connectivity index (χ3n) is 6.95. The molecule has 4 saturated carbocycles. The summed E-state index contributed by atoms with van der Waals surface area (Å²) in [6, 6.07) is 0. The summed E-state index contributed by atoms with van der Waals surface area (Å²) in [5.41, 5.74) is -1.26. The molecule has 0 spiro atoms. The van der Waals surface area contributed by atoms with E-state index in [-0.39, 0.29) is 22.1 Å². The van der Waals surface area contributed by atoms with Crippen molar-refractivity contribution in [3.8, 4) is 5.95 Å². The Morgan fingerprint density at radius 3 is 2.57 bits per heavy atom. The molecule has 0 radical (unpaired) electrons. The summed E-state index contributed by atoms with van der Waals surface area (Å²) in [7, 11) is 0. The normalized spacial score (nSPS) is 29.6. The van der Waals surface area contributed by atoms with E-state index in [4.69, 9.17) is 11.6 Å². The number of halogens is 1. The lowest BCUT2D eigenvalue weighted by molar-refractivity contribution is 0.0338. The number of carbonyl (C=O) groups is 1. The number of H-pyrrole nitrogens is 1. The molecule has 2 N–H and O–H groups in total. The monoisotopic (exact) mass is 430 g/mol. The molecule has 2 heterocycles. The SMILES string of the molecule is O=C(NCC12CC3CCC(CC(C3)C1)C2)c1nc(-n2ncc(=O)[nH]c2=O)ncc1Cl. The van der Waals surface area contributed by atoms with E-state index in [0.717, 1.165) is 28.6 Å². The first kappa shape index (κ1) is 19.4. The van der Waals surface area contributed by atoms with E-state index >= 15 is 0 Å². The molecule has 2 aromatic heterocycles. The highest BCUT2D eigenvalue weighted by Gasteiger charge is 2.48. The van der Waals surface area contributed by atoms with Crippen molar-refractivity contribution in [2.24, 2.45) is 23.2 Å². The molecule has 30 heavy (non-hydrogen) atoms. The van der Waals surface area contributed by atoms with Crippen LogP contribution >= 0.6 is 11.6 Å². The van der Waals surface area contributed by atoms with Gasteiger partial charge < -0.3 is 5.32 Å². The molecule has 1 amide bonds. The topological polar surface area (TPSA) is 123 Å². The van der Waals surface area contributed by atoms with E-state index in [1.807, 2.05) is 0 Å². The maximum Gasteiger partial charge on any atom is 0.352 e. The maximum atomic E-state index is 12.9. The van der Waals surface area contributed by atoms with Crippen molar-refractivity contribution in [2.75, 3.05) is 6.54 Å². The molecule has 2 unspecified atom stereocenters. The smallest absolute Gasteiger partial charge is 0.350 e. The Balaban J connectivity index is 1.36. The molecule has 6 rings (SSSR count). The number of nitrogens with zero attached hydrogens (tertiary/aromatic N) is 4. The van der Waals surface area contributed by atoms with Crippen molar-refractivity contribution in [2.45, 2.75) is 44.9 Å². The second kappa shape index (κ2) is 7.30. The number of fused-ring (bicyclic) bond motifs is 1. The van der Waals surface area contributed by atoms with Gasteiger partial charge in [0.15, 0.2) is 5.69 Å². The minimum absolute atomic E-state index is 0.0101. The first-order valence-corrected chi connectivity index (χ1v) is 10.8.